The smallest absolute Gasteiger partial charge is 0.194 e. The first-order chi connectivity index (χ1) is 8.86. The Morgan fingerprint density at radius 3 is 2.35 bits per heavy atom. The maximum atomic E-state index is 5.34. The van der Waals surface area contributed by atoms with E-state index < -0.39 is 0 Å². The van der Waals surface area contributed by atoms with E-state index in [0.717, 1.165) is 45.1 Å². The number of aliphatic imine (C=N–C) groups is 1. The summed E-state index contributed by atoms with van der Waals surface area (Å²) in [6.45, 7) is 15.0. The second-order valence-corrected chi connectivity index (χ2v) is 6.41. The van der Waals surface area contributed by atoms with Crippen molar-refractivity contribution < 1.29 is 4.74 Å². The molecule has 0 atom stereocenters. The summed E-state index contributed by atoms with van der Waals surface area (Å²) in [5, 5.41) is 3.46. The van der Waals surface area contributed by atoms with E-state index in [1.165, 1.54) is 0 Å². The van der Waals surface area contributed by atoms with Crippen LogP contribution in [0.4, 0.5) is 0 Å². The lowest BCUT2D eigenvalue weighted by molar-refractivity contribution is -0.0667. The molecule has 0 bridgehead atoms. The van der Waals surface area contributed by atoms with Crippen LogP contribution in [0.2, 0.25) is 0 Å². The van der Waals surface area contributed by atoms with Gasteiger partial charge in [0, 0.05) is 44.3 Å². The topological polar surface area (TPSA) is 36.9 Å². The number of rotatable bonds is 6. The fourth-order valence-corrected chi connectivity index (χ4v) is 2.37. The lowest BCUT2D eigenvalue weighted by Gasteiger charge is -2.62. The number of guanidine groups is 1. The second-order valence-electron chi connectivity index (χ2n) is 6.41. The lowest BCUT2D eigenvalue weighted by Crippen LogP contribution is -2.72. The number of nitrogens with zero attached hydrogens (tertiary/aromatic N) is 2. The minimum Gasteiger partial charge on any atom is -0.382 e. The van der Waals surface area contributed by atoms with Crippen molar-refractivity contribution in [2.75, 3.05) is 33.4 Å². The Kier molecular flexibility index (Phi) is 8.40. The Bertz CT molecular complexity index is 316. The molecule has 0 spiro atoms. The molecule has 1 aliphatic rings. The molecule has 0 aliphatic carbocycles. The zero-order chi connectivity index (χ0) is 14.5. The molecule has 1 rings (SSSR count). The maximum absolute atomic E-state index is 5.34. The fourth-order valence-electron chi connectivity index (χ4n) is 2.37. The molecule has 0 aromatic carbocycles. The molecule has 1 N–H and O–H groups in total. The minimum atomic E-state index is 0. The quantitative estimate of drug-likeness (QED) is 0.324. The first-order valence-corrected chi connectivity index (χ1v) is 7.43. The summed E-state index contributed by atoms with van der Waals surface area (Å²) in [4.78, 5) is 6.78. The van der Waals surface area contributed by atoms with Gasteiger partial charge in [0.05, 0.1) is 0 Å². The summed E-state index contributed by atoms with van der Waals surface area (Å²) >= 11 is 0. The average molecular weight is 397 g/mol. The van der Waals surface area contributed by atoms with Gasteiger partial charge in [-0.2, -0.15) is 0 Å². The zero-order valence-corrected chi connectivity index (χ0v) is 16.3. The summed E-state index contributed by atoms with van der Waals surface area (Å²) in [7, 11) is 1.87. The van der Waals surface area contributed by atoms with Crippen LogP contribution in [0.15, 0.2) is 4.99 Å². The molecule has 0 aromatic rings. The minimum absolute atomic E-state index is 0. The van der Waals surface area contributed by atoms with Gasteiger partial charge in [-0.1, -0.05) is 13.8 Å². The zero-order valence-electron chi connectivity index (χ0n) is 14.0. The van der Waals surface area contributed by atoms with E-state index in [1.807, 2.05) is 14.0 Å². The predicted molar refractivity (Wildman–Crippen MR) is 97.1 cm³/mol. The molecule has 1 aliphatic heterocycles. The van der Waals surface area contributed by atoms with Gasteiger partial charge in [-0.05, 0) is 33.6 Å². The van der Waals surface area contributed by atoms with Gasteiger partial charge >= 0.3 is 0 Å². The molecule has 0 unspecified atom stereocenters. The van der Waals surface area contributed by atoms with Crippen molar-refractivity contribution in [3.63, 3.8) is 0 Å². The first kappa shape index (κ1) is 20.0. The summed E-state index contributed by atoms with van der Waals surface area (Å²) in [5.74, 6) is 1.03. The van der Waals surface area contributed by atoms with Crippen LogP contribution < -0.4 is 5.32 Å². The highest BCUT2D eigenvalue weighted by molar-refractivity contribution is 14.0. The molecule has 5 heteroatoms. The van der Waals surface area contributed by atoms with Gasteiger partial charge in [-0.25, -0.2) is 0 Å². The number of hydrogen-bond acceptors (Lipinski definition) is 2. The van der Waals surface area contributed by atoms with Gasteiger partial charge in [0.15, 0.2) is 5.96 Å². The molecule has 120 valence electrons. The van der Waals surface area contributed by atoms with Crippen molar-refractivity contribution in [2.45, 2.75) is 53.0 Å². The highest BCUT2D eigenvalue weighted by Gasteiger charge is 2.53. The van der Waals surface area contributed by atoms with Crippen molar-refractivity contribution in [3.05, 3.63) is 0 Å². The van der Waals surface area contributed by atoms with Crippen molar-refractivity contribution in [1.29, 1.82) is 0 Å². The van der Waals surface area contributed by atoms with Gasteiger partial charge in [0.1, 0.15) is 0 Å². The van der Waals surface area contributed by atoms with Crippen LogP contribution >= 0.6 is 24.0 Å². The molecular formula is C15H32IN3O. The van der Waals surface area contributed by atoms with Crippen LogP contribution in [-0.4, -0.2) is 49.7 Å². The highest BCUT2D eigenvalue weighted by Crippen LogP contribution is 2.46. The summed E-state index contributed by atoms with van der Waals surface area (Å²) in [5.41, 5.74) is 0.514. The number of nitrogens with one attached hydrogen (secondary N) is 1. The van der Waals surface area contributed by atoms with E-state index in [2.05, 4.69) is 42.9 Å². The SMILES string of the molecule is CCOCCCCNC(=NC)N1CC(C)(C)C1(C)C.I. The van der Waals surface area contributed by atoms with E-state index in [9.17, 15) is 0 Å². The number of hydrogen-bond donors (Lipinski definition) is 1. The third-order valence-corrected chi connectivity index (χ3v) is 4.55. The molecule has 1 saturated heterocycles. The van der Waals surface area contributed by atoms with Gasteiger partial charge in [0.25, 0.3) is 0 Å². The average Bonchev–Trinajstić information content (AvgIpc) is 2.36. The van der Waals surface area contributed by atoms with Crippen LogP contribution in [0.5, 0.6) is 0 Å². The third kappa shape index (κ3) is 4.48. The number of unbranched alkanes of at least 4 members (excludes halogenated alkanes) is 1. The maximum Gasteiger partial charge on any atom is 0.194 e. The number of likely N-dealkylation sites (tertiary alicyclic amines) is 1. The van der Waals surface area contributed by atoms with Gasteiger partial charge in [-0.3, -0.25) is 4.99 Å². The summed E-state index contributed by atoms with van der Waals surface area (Å²) in [6.07, 6.45) is 2.23. The summed E-state index contributed by atoms with van der Waals surface area (Å²) in [6, 6.07) is 0. The number of halogens is 1. The normalized spacial score (nSPS) is 20.1. The van der Waals surface area contributed by atoms with E-state index in [0.29, 0.717) is 5.41 Å². The van der Waals surface area contributed by atoms with E-state index in [4.69, 9.17) is 4.74 Å². The Morgan fingerprint density at radius 1 is 1.25 bits per heavy atom. The van der Waals surface area contributed by atoms with Crippen molar-refractivity contribution in [2.24, 2.45) is 10.4 Å². The molecule has 4 nitrogen and oxygen atoms in total. The number of ether oxygens (including phenoxy) is 1. The van der Waals surface area contributed by atoms with Gasteiger partial charge < -0.3 is 15.0 Å². The predicted octanol–water partition coefficient (Wildman–Crippen LogP) is 3.12. The molecular weight excluding hydrogens is 365 g/mol. The third-order valence-electron chi connectivity index (χ3n) is 4.55. The Balaban J connectivity index is 0.00000361. The highest BCUT2D eigenvalue weighted by atomic mass is 127. The van der Waals surface area contributed by atoms with Crippen LogP contribution in [-0.2, 0) is 4.74 Å². The standard InChI is InChI=1S/C15H31N3O.HI/c1-7-19-11-9-8-10-17-13(16-6)18-12-14(2,3)15(18,4)5;/h7-12H2,1-6H3,(H,16,17);1H. The van der Waals surface area contributed by atoms with Crippen molar-refractivity contribution in [3.8, 4) is 0 Å². The van der Waals surface area contributed by atoms with Gasteiger partial charge in [0.2, 0.25) is 0 Å². The monoisotopic (exact) mass is 397 g/mol. The molecule has 1 fully saturated rings. The Labute approximate surface area is 141 Å². The fraction of sp³-hybridized carbons (Fsp3) is 0.933. The molecule has 0 amide bonds. The van der Waals surface area contributed by atoms with Crippen molar-refractivity contribution >= 4 is 29.9 Å². The molecule has 1 heterocycles. The van der Waals surface area contributed by atoms with E-state index >= 15 is 0 Å². The summed E-state index contributed by atoms with van der Waals surface area (Å²) < 4.78 is 5.34. The second kappa shape index (κ2) is 8.41. The van der Waals surface area contributed by atoms with Crippen LogP contribution in [0.1, 0.15) is 47.5 Å². The molecule has 0 saturated carbocycles. The Hall–Kier alpha value is -0.0400. The molecule has 0 aromatic heterocycles. The van der Waals surface area contributed by atoms with Crippen LogP contribution in [0, 0.1) is 5.41 Å². The first-order valence-electron chi connectivity index (χ1n) is 7.43. The van der Waals surface area contributed by atoms with Crippen LogP contribution in [0.3, 0.4) is 0 Å². The lowest BCUT2D eigenvalue weighted by atomic mass is 9.65. The Morgan fingerprint density at radius 2 is 1.90 bits per heavy atom. The molecule has 0 radical (unpaired) electrons. The molecule has 20 heavy (non-hydrogen) atoms. The largest absolute Gasteiger partial charge is 0.382 e. The van der Waals surface area contributed by atoms with Crippen LogP contribution in [0.25, 0.3) is 0 Å². The van der Waals surface area contributed by atoms with Gasteiger partial charge in [-0.15, -0.1) is 24.0 Å². The van der Waals surface area contributed by atoms with Crippen molar-refractivity contribution in [1.82, 2.24) is 10.2 Å². The van der Waals surface area contributed by atoms with E-state index in [1.54, 1.807) is 0 Å². The van der Waals surface area contributed by atoms with E-state index in [-0.39, 0.29) is 29.5 Å².